The molecule has 0 aliphatic rings. The van der Waals surface area contributed by atoms with Gasteiger partial charge in [-0.25, -0.2) is 19.1 Å². The highest BCUT2D eigenvalue weighted by Gasteiger charge is 2.38. The molecular formula is C20H17F5N6O3S. The Morgan fingerprint density at radius 2 is 1.80 bits per heavy atom. The van der Waals surface area contributed by atoms with Gasteiger partial charge in [0.25, 0.3) is 6.08 Å². The molecule has 4 aromatic heterocycles. The van der Waals surface area contributed by atoms with Crippen LogP contribution in [-0.4, -0.2) is 47.5 Å². The van der Waals surface area contributed by atoms with Crippen molar-refractivity contribution in [2.75, 3.05) is 6.54 Å². The third-order valence-corrected chi connectivity index (χ3v) is 5.71. The van der Waals surface area contributed by atoms with Crippen LogP contribution < -0.4 is 11.4 Å². The number of carboxylic acids is 1. The topological polar surface area (TPSA) is 120 Å². The first-order valence-electron chi connectivity index (χ1n) is 9.67. The fourth-order valence-corrected chi connectivity index (χ4v) is 3.86. The number of carboxylic acid groups (broad SMARTS) is 1. The Bertz CT molecular complexity index is 1410. The molecule has 0 saturated heterocycles. The highest BCUT2D eigenvalue weighted by molar-refractivity contribution is 7.15. The third kappa shape index (κ3) is 6.39. The molecule has 0 fully saturated rings. The van der Waals surface area contributed by atoms with Crippen molar-refractivity contribution < 1.29 is 31.9 Å². The smallest absolute Gasteiger partial charge is 0.475 e. The number of pyridine rings is 1. The molecule has 0 atom stereocenters. The van der Waals surface area contributed by atoms with Crippen molar-refractivity contribution in [3.8, 4) is 10.4 Å². The van der Waals surface area contributed by atoms with Gasteiger partial charge in [0, 0.05) is 40.5 Å². The zero-order valence-electron chi connectivity index (χ0n) is 17.6. The van der Waals surface area contributed by atoms with Crippen LogP contribution in [0.25, 0.3) is 16.1 Å². The van der Waals surface area contributed by atoms with Gasteiger partial charge in [-0.3, -0.25) is 9.13 Å². The van der Waals surface area contributed by atoms with Crippen molar-refractivity contribution in [2.24, 2.45) is 5.73 Å². The van der Waals surface area contributed by atoms with Gasteiger partial charge in [0.1, 0.15) is 6.33 Å². The highest BCUT2D eigenvalue weighted by Crippen LogP contribution is 2.29. The number of aromatic nitrogens is 5. The van der Waals surface area contributed by atoms with Crippen LogP contribution in [0.15, 0.2) is 65.6 Å². The Morgan fingerprint density at radius 1 is 1.11 bits per heavy atom. The molecule has 0 spiro atoms. The Hall–Kier alpha value is -3.85. The van der Waals surface area contributed by atoms with E-state index in [4.69, 9.17) is 15.6 Å². The number of nitrogens with zero attached hydrogens (tertiary/aromatic N) is 5. The average Bonchev–Trinajstić information content (AvgIpc) is 3.53. The second-order valence-electron chi connectivity index (χ2n) is 6.95. The van der Waals surface area contributed by atoms with E-state index in [-0.39, 0.29) is 24.4 Å². The number of thiophene rings is 1. The number of nitrogens with two attached hydrogens (primary N) is 1. The Labute approximate surface area is 197 Å². The minimum absolute atomic E-state index is 0.210. The normalized spacial score (nSPS) is 11.3. The SMILES string of the molecule is NCC(Cn1ccn(Cc2ccc(-c3ccn4ncnc4c3)s2)c1=O)=C(F)F.O=C(O)C(F)(F)F. The van der Waals surface area contributed by atoms with E-state index in [0.29, 0.717) is 6.54 Å². The van der Waals surface area contributed by atoms with E-state index in [1.165, 1.54) is 21.7 Å². The lowest BCUT2D eigenvalue weighted by Gasteiger charge is -2.04. The molecule has 0 amide bonds. The minimum Gasteiger partial charge on any atom is -0.475 e. The molecule has 0 saturated carbocycles. The Morgan fingerprint density at radius 3 is 2.43 bits per heavy atom. The van der Waals surface area contributed by atoms with Gasteiger partial charge in [-0.05, 0) is 29.8 Å². The standard InChI is InChI=1S/C18H16F2N6OS.C2HF3O2/c19-17(20)13(8-21)9-24-5-6-25(18(24)27)10-14-1-2-15(28-14)12-3-4-26-16(7-12)22-11-23-26;3-2(4,5)1(6)7/h1-7,11H,8-10,21H2;(H,6,7). The zero-order chi connectivity index (χ0) is 25.8. The number of hydrogen-bond acceptors (Lipinski definition) is 6. The molecule has 9 nitrogen and oxygen atoms in total. The maximum Gasteiger partial charge on any atom is 0.490 e. The molecular weight excluding hydrogens is 499 g/mol. The molecule has 0 aliphatic heterocycles. The Balaban J connectivity index is 0.000000429. The van der Waals surface area contributed by atoms with Crippen LogP contribution in [0.4, 0.5) is 22.0 Å². The number of hydrogen-bond donors (Lipinski definition) is 2. The van der Waals surface area contributed by atoms with Crippen molar-refractivity contribution in [1.82, 2.24) is 23.7 Å². The van der Waals surface area contributed by atoms with E-state index in [2.05, 4.69) is 10.1 Å². The van der Waals surface area contributed by atoms with E-state index in [0.717, 1.165) is 21.0 Å². The summed E-state index contributed by atoms with van der Waals surface area (Å²) in [6.07, 6.45) is -0.498. The molecule has 0 bridgehead atoms. The summed E-state index contributed by atoms with van der Waals surface area (Å²) in [7, 11) is 0. The zero-order valence-corrected chi connectivity index (χ0v) is 18.4. The fraction of sp³-hybridized carbons (Fsp3) is 0.200. The number of fused-ring (bicyclic) bond motifs is 1. The monoisotopic (exact) mass is 516 g/mol. The van der Waals surface area contributed by atoms with Crippen molar-refractivity contribution in [1.29, 1.82) is 0 Å². The molecule has 0 unspecified atom stereocenters. The number of rotatable bonds is 6. The first kappa shape index (κ1) is 25.8. The summed E-state index contributed by atoms with van der Waals surface area (Å²) in [6.45, 7) is -0.132. The first-order chi connectivity index (χ1) is 16.5. The van der Waals surface area contributed by atoms with Crippen molar-refractivity contribution >= 4 is 23.0 Å². The largest absolute Gasteiger partial charge is 0.490 e. The molecule has 0 radical (unpaired) electrons. The summed E-state index contributed by atoms with van der Waals surface area (Å²) in [5.74, 6) is -2.76. The minimum atomic E-state index is -5.08. The van der Waals surface area contributed by atoms with Crippen LogP contribution in [0.2, 0.25) is 0 Å². The van der Waals surface area contributed by atoms with Gasteiger partial charge in [0.15, 0.2) is 5.65 Å². The summed E-state index contributed by atoms with van der Waals surface area (Å²) in [5.41, 5.74) is 6.48. The van der Waals surface area contributed by atoms with Gasteiger partial charge < -0.3 is 10.8 Å². The lowest BCUT2D eigenvalue weighted by molar-refractivity contribution is -0.192. The summed E-state index contributed by atoms with van der Waals surface area (Å²) in [6, 6.07) is 7.83. The average molecular weight is 516 g/mol. The molecule has 4 heterocycles. The van der Waals surface area contributed by atoms with Crippen LogP contribution in [-0.2, 0) is 17.9 Å². The van der Waals surface area contributed by atoms with Crippen LogP contribution in [0.1, 0.15) is 4.88 Å². The predicted octanol–water partition coefficient (Wildman–Crippen LogP) is 3.21. The maximum absolute atomic E-state index is 12.8. The van der Waals surface area contributed by atoms with Gasteiger partial charge in [0.05, 0.1) is 13.1 Å². The van der Waals surface area contributed by atoms with Gasteiger partial charge >= 0.3 is 17.8 Å². The van der Waals surface area contributed by atoms with E-state index in [1.807, 2.05) is 30.5 Å². The molecule has 3 N–H and O–H groups in total. The van der Waals surface area contributed by atoms with Crippen LogP contribution >= 0.6 is 11.3 Å². The van der Waals surface area contributed by atoms with E-state index in [9.17, 15) is 26.7 Å². The van der Waals surface area contributed by atoms with Crippen LogP contribution in [0, 0.1) is 0 Å². The van der Waals surface area contributed by atoms with Gasteiger partial charge in [-0.2, -0.15) is 27.1 Å². The number of carbonyl (C=O) groups is 1. The summed E-state index contributed by atoms with van der Waals surface area (Å²) in [4.78, 5) is 27.5. The van der Waals surface area contributed by atoms with Crippen molar-refractivity contribution in [2.45, 2.75) is 19.3 Å². The molecule has 15 heteroatoms. The highest BCUT2D eigenvalue weighted by atomic mass is 32.1. The molecule has 4 aromatic rings. The van der Waals surface area contributed by atoms with Gasteiger partial charge in [-0.15, -0.1) is 11.3 Å². The first-order valence-corrected chi connectivity index (χ1v) is 10.5. The van der Waals surface area contributed by atoms with Gasteiger partial charge in [0.2, 0.25) is 0 Å². The fourth-order valence-electron chi connectivity index (χ4n) is 2.86. The second kappa shape index (κ2) is 10.6. The van der Waals surface area contributed by atoms with Crippen LogP contribution in [0.5, 0.6) is 0 Å². The van der Waals surface area contributed by atoms with Gasteiger partial charge in [-0.1, -0.05) is 0 Å². The van der Waals surface area contributed by atoms with Crippen molar-refractivity contribution in [3.05, 3.63) is 76.2 Å². The maximum atomic E-state index is 12.8. The second-order valence-corrected chi connectivity index (χ2v) is 8.12. The third-order valence-electron chi connectivity index (χ3n) is 4.59. The number of alkyl halides is 3. The number of aliphatic carboxylic acids is 1. The predicted molar refractivity (Wildman–Crippen MR) is 116 cm³/mol. The van der Waals surface area contributed by atoms with E-state index >= 15 is 0 Å². The molecule has 0 aromatic carbocycles. The lowest BCUT2D eigenvalue weighted by atomic mass is 10.2. The quantitative estimate of drug-likeness (QED) is 0.380. The number of imidazole rings is 1. The Kier molecular flexibility index (Phi) is 7.81. The molecule has 35 heavy (non-hydrogen) atoms. The van der Waals surface area contributed by atoms with Crippen molar-refractivity contribution in [3.63, 3.8) is 0 Å². The molecule has 186 valence electrons. The molecule has 4 rings (SSSR count). The van der Waals surface area contributed by atoms with Crippen LogP contribution in [0.3, 0.4) is 0 Å². The summed E-state index contributed by atoms with van der Waals surface area (Å²) >= 11 is 1.56. The summed E-state index contributed by atoms with van der Waals surface area (Å²) in [5, 5.41) is 11.2. The van der Waals surface area contributed by atoms with E-state index in [1.54, 1.807) is 22.0 Å². The summed E-state index contributed by atoms with van der Waals surface area (Å²) < 4.78 is 61.7. The number of halogens is 5. The molecule has 0 aliphatic carbocycles. The van der Waals surface area contributed by atoms with E-state index < -0.39 is 18.2 Å². The lowest BCUT2D eigenvalue weighted by Crippen LogP contribution is -2.26.